The predicted octanol–water partition coefficient (Wildman–Crippen LogP) is 3.38. The van der Waals surface area contributed by atoms with Crippen molar-refractivity contribution >= 4 is 5.97 Å². The zero-order chi connectivity index (χ0) is 10.6. The molecular formula is C12H20O2. The van der Waals surface area contributed by atoms with Crippen molar-refractivity contribution in [2.24, 2.45) is 5.41 Å². The van der Waals surface area contributed by atoms with Crippen LogP contribution >= 0.6 is 0 Å². The van der Waals surface area contributed by atoms with Gasteiger partial charge >= 0.3 is 5.97 Å². The molecule has 0 aliphatic heterocycles. The third-order valence-electron chi connectivity index (χ3n) is 3.13. The van der Waals surface area contributed by atoms with E-state index in [0.29, 0.717) is 0 Å². The lowest BCUT2D eigenvalue weighted by molar-refractivity contribution is -0.144. The SMILES string of the molecule is CC(C)(C(=O)O)/C1=C/CCCCCC1. The fraction of sp³-hybridized carbons (Fsp3) is 0.750. The molecular weight excluding hydrogens is 176 g/mol. The largest absolute Gasteiger partial charge is 0.481 e. The summed E-state index contributed by atoms with van der Waals surface area (Å²) in [6.45, 7) is 3.62. The zero-order valence-electron chi connectivity index (χ0n) is 9.18. The van der Waals surface area contributed by atoms with Crippen molar-refractivity contribution in [3.05, 3.63) is 11.6 Å². The molecule has 1 aliphatic carbocycles. The Kier molecular flexibility index (Phi) is 3.73. The van der Waals surface area contributed by atoms with Crippen LogP contribution in [-0.4, -0.2) is 11.1 Å². The Morgan fingerprint density at radius 2 is 1.93 bits per heavy atom. The Hall–Kier alpha value is -0.790. The molecule has 0 aromatic rings. The summed E-state index contributed by atoms with van der Waals surface area (Å²) in [6.07, 6.45) is 9.03. The van der Waals surface area contributed by atoms with Gasteiger partial charge in [-0.2, -0.15) is 0 Å². The number of hydrogen-bond donors (Lipinski definition) is 1. The Labute approximate surface area is 86.0 Å². The lowest BCUT2D eigenvalue weighted by Gasteiger charge is -2.24. The first-order valence-corrected chi connectivity index (χ1v) is 5.48. The average Bonchev–Trinajstić information content (AvgIpc) is 2.01. The molecule has 80 valence electrons. The van der Waals surface area contributed by atoms with Crippen LogP contribution in [0.25, 0.3) is 0 Å². The molecule has 2 heteroatoms. The summed E-state index contributed by atoms with van der Waals surface area (Å²) < 4.78 is 0. The summed E-state index contributed by atoms with van der Waals surface area (Å²) in [6, 6.07) is 0. The van der Waals surface area contributed by atoms with Crippen molar-refractivity contribution in [3.8, 4) is 0 Å². The summed E-state index contributed by atoms with van der Waals surface area (Å²) in [4.78, 5) is 11.1. The summed E-state index contributed by atoms with van der Waals surface area (Å²) in [7, 11) is 0. The van der Waals surface area contributed by atoms with E-state index in [9.17, 15) is 4.79 Å². The second kappa shape index (κ2) is 4.63. The minimum absolute atomic E-state index is 0.669. The van der Waals surface area contributed by atoms with Gasteiger partial charge in [0.1, 0.15) is 0 Å². The number of aliphatic carboxylic acids is 1. The van der Waals surface area contributed by atoms with E-state index in [-0.39, 0.29) is 0 Å². The third-order valence-corrected chi connectivity index (χ3v) is 3.13. The maximum atomic E-state index is 11.1. The van der Waals surface area contributed by atoms with E-state index in [1.807, 2.05) is 13.8 Å². The van der Waals surface area contributed by atoms with Crippen LogP contribution in [0.1, 0.15) is 52.4 Å². The van der Waals surface area contributed by atoms with Crippen LogP contribution in [0.2, 0.25) is 0 Å². The predicted molar refractivity (Wildman–Crippen MR) is 57.2 cm³/mol. The van der Waals surface area contributed by atoms with E-state index >= 15 is 0 Å². The van der Waals surface area contributed by atoms with Crippen LogP contribution < -0.4 is 0 Å². The van der Waals surface area contributed by atoms with Gasteiger partial charge in [0.05, 0.1) is 5.41 Å². The number of carboxylic acid groups (broad SMARTS) is 1. The quantitative estimate of drug-likeness (QED) is 0.687. The molecule has 14 heavy (non-hydrogen) atoms. The molecule has 0 bridgehead atoms. The van der Waals surface area contributed by atoms with Gasteiger partial charge in [-0.1, -0.05) is 24.5 Å². The fourth-order valence-corrected chi connectivity index (χ4v) is 1.90. The second-order valence-electron chi connectivity index (χ2n) is 4.61. The molecule has 0 unspecified atom stereocenters. The monoisotopic (exact) mass is 196 g/mol. The van der Waals surface area contributed by atoms with Gasteiger partial charge in [0, 0.05) is 0 Å². The summed E-state index contributed by atoms with van der Waals surface area (Å²) in [5.74, 6) is -0.704. The van der Waals surface area contributed by atoms with E-state index in [2.05, 4.69) is 6.08 Å². The zero-order valence-corrected chi connectivity index (χ0v) is 9.18. The molecule has 1 aliphatic rings. The van der Waals surface area contributed by atoms with Gasteiger partial charge in [0.2, 0.25) is 0 Å². The van der Waals surface area contributed by atoms with E-state index in [0.717, 1.165) is 24.8 Å². The van der Waals surface area contributed by atoms with E-state index in [1.165, 1.54) is 19.3 Å². The highest BCUT2D eigenvalue weighted by molar-refractivity contribution is 5.77. The Bertz CT molecular complexity index is 239. The van der Waals surface area contributed by atoms with Crippen molar-refractivity contribution in [3.63, 3.8) is 0 Å². The van der Waals surface area contributed by atoms with Gasteiger partial charge in [-0.25, -0.2) is 0 Å². The van der Waals surface area contributed by atoms with Gasteiger partial charge in [0.25, 0.3) is 0 Å². The molecule has 0 fully saturated rings. The molecule has 0 aromatic carbocycles. The van der Waals surface area contributed by atoms with Gasteiger partial charge in [-0.05, 0) is 39.5 Å². The molecule has 0 spiro atoms. The first-order chi connectivity index (χ1) is 6.55. The van der Waals surface area contributed by atoms with Crippen molar-refractivity contribution in [2.45, 2.75) is 52.4 Å². The molecule has 0 saturated carbocycles. The third kappa shape index (κ3) is 2.60. The first-order valence-electron chi connectivity index (χ1n) is 5.48. The van der Waals surface area contributed by atoms with E-state index in [1.54, 1.807) is 0 Å². The molecule has 1 rings (SSSR count). The first kappa shape index (κ1) is 11.3. The highest BCUT2D eigenvalue weighted by Crippen LogP contribution is 2.32. The molecule has 0 amide bonds. The lowest BCUT2D eigenvalue weighted by atomic mass is 9.80. The Morgan fingerprint density at radius 1 is 1.29 bits per heavy atom. The van der Waals surface area contributed by atoms with Crippen LogP contribution in [0.5, 0.6) is 0 Å². The van der Waals surface area contributed by atoms with E-state index in [4.69, 9.17) is 5.11 Å². The van der Waals surface area contributed by atoms with Crippen LogP contribution in [0.15, 0.2) is 11.6 Å². The van der Waals surface area contributed by atoms with Crippen molar-refractivity contribution in [1.82, 2.24) is 0 Å². The topological polar surface area (TPSA) is 37.3 Å². The molecule has 1 N–H and O–H groups in total. The van der Waals surface area contributed by atoms with E-state index < -0.39 is 11.4 Å². The number of carboxylic acids is 1. The molecule has 0 heterocycles. The van der Waals surface area contributed by atoms with Crippen LogP contribution in [0.3, 0.4) is 0 Å². The lowest BCUT2D eigenvalue weighted by Crippen LogP contribution is -2.26. The van der Waals surface area contributed by atoms with Crippen molar-refractivity contribution in [1.29, 1.82) is 0 Å². The molecule has 0 aromatic heterocycles. The van der Waals surface area contributed by atoms with Crippen molar-refractivity contribution < 1.29 is 9.90 Å². The fourth-order valence-electron chi connectivity index (χ4n) is 1.90. The van der Waals surface area contributed by atoms with Gasteiger partial charge in [-0.3, -0.25) is 4.79 Å². The van der Waals surface area contributed by atoms with Crippen LogP contribution in [0, 0.1) is 5.41 Å². The average molecular weight is 196 g/mol. The van der Waals surface area contributed by atoms with Gasteiger partial charge in [0.15, 0.2) is 0 Å². The summed E-state index contributed by atoms with van der Waals surface area (Å²) in [5.41, 5.74) is 0.446. The van der Waals surface area contributed by atoms with Gasteiger partial charge < -0.3 is 5.11 Å². The normalized spacial score (nSPS) is 23.1. The minimum Gasteiger partial charge on any atom is -0.481 e. The summed E-state index contributed by atoms with van der Waals surface area (Å²) in [5, 5.41) is 9.11. The van der Waals surface area contributed by atoms with Crippen LogP contribution in [0.4, 0.5) is 0 Å². The number of hydrogen-bond acceptors (Lipinski definition) is 1. The molecule has 0 saturated heterocycles. The smallest absolute Gasteiger partial charge is 0.313 e. The molecule has 2 nitrogen and oxygen atoms in total. The maximum Gasteiger partial charge on any atom is 0.313 e. The second-order valence-corrected chi connectivity index (χ2v) is 4.61. The summed E-state index contributed by atoms with van der Waals surface area (Å²) >= 11 is 0. The number of rotatable bonds is 2. The standard InChI is InChI=1S/C12H20O2/c1-12(2,11(13)14)10-8-6-4-3-5-7-9-10/h8H,3-7,9H2,1-2H3,(H,13,14)/b10-8+. The highest BCUT2D eigenvalue weighted by atomic mass is 16.4. The van der Waals surface area contributed by atoms with Gasteiger partial charge in [-0.15, -0.1) is 0 Å². The minimum atomic E-state index is -0.704. The maximum absolute atomic E-state index is 11.1. The van der Waals surface area contributed by atoms with Crippen LogP contribution in [-0.2, 0) is 4.79 Å². The Morgan fingerprint density at radius 3 is 2.57 bits per heavy atom. The number of carbonyl (C=O) groups is 1. The Balaban J connectivity index is 2.77. The molecule has 0 atom stereocenters. The number of allylic oxidation sites excluding steroid dienone is 1. The van der Waals surface area contributed by atoms with Crippen molar-refractivity contribution in [2.75, 3.05) is 0 Å². The molecule has 0 radical (unpaired) electrons. The highest BCUT2D eigenvalue weighted by Gasteiger charge is 2.31.